The first-order chi connectivity index (χ1) is 8.41. The minimum Gasteiger partial charge on any atom is -0.392 e. The summed E-state index contributed by atoms with van der Waals surface area (Å²) in [5.41, 5.74) is 0.321. The van der Waals surface area contributed by atoms with Gasteiger partial charge in [-0.2, -0.15) is 0 Å². The zero-order valence-corrected chi connectivity index (χ0v) is 10.4. The molecule has 6 heteroatoms. The molecule has 0 fully saturated rings. The van der Waals surface area contributed by atoms with Gasteiger partial charge < -0.3 is 10.0 Å². The fourth-order valence-electron chi connectivity index (χ4n) is 1.63. The van der Waals surface area contributed by atoms with Gasteiger partial charge in [0.25, 0.3) is 5.69 Å². The van der Waals surface area contributed by atoms with E-state index in [2.05, 4.69) is 0 Å². The number of hydrogen-bond donors (Lipinski definition) is 1. The molecule has 0 saturated heterocycles. The fraction of sp³-hybridized carbons (Fsp3) is 0.417. The lowest BCUT2D eigenvalue weighted by atomic mass is 10.1. The molecule has 1 N–H and O–H groups in total. The summed E-state index contributed by atoms with van der Waals surface area (Å²) in [7, 11) is 1.56. The van der Waals surface area contributed by atoms with E-state index in [9.17, 15) is 20.0 Å². The molecule has 0 heterocycles. The number of aliphatic hydroxyl groups is 1. The molecule has 0 aliphatic carbocycles. The van der Waals surface area contributed by atoms with Gasteiger partial charge >= 0.3 is 0 Å². The Morgan fingerprint density at radius 1 is 1.50 bits per heavy atom. The van der Waals surface area contributed by atoms with Gasteiger partial charge in [0.1, 0.15) is 0 Å². The van der Waals surface area contributed by atoms with Crippen molar-refractivity contribution in [3.63, 3.8) is 0 Å². The molecule has 1 rings (SSSR count). The SMILES string of the molecule is CC(O)CN(C)C(=O)Cc1ccccc1[N+](=O)[O-]. The van der Waals surface area contributed by atoms with E-state index < -0.39 is 11.0 Å². The van der Waals surface area contributed by atoms with E-state index in [-0.39, 0.29) is 24.6 Å². The number of nitrogens with zero attached hydrogens (tertiary/aromatic N) is 2. The molecular formula is C12H16N2O4. The van der Waals surface area contributed by atoms with Gasteiger partial charge in [-0.25, -0.2) is 0 Å². The molecule has 1 unspecified atom stereocenters. The summed E-state index contributed by atoms with van der Waals surface area (Å²) in [6.07, 6.45) is -0.662. The summed E-state index contributed by atoms with van der Waals surface area (Å²) >= 11 is 0. The van der Waals surface area contributed by atoms with E-state index in [1.165, 1.54) is 11.0 Å². The van der Waals surface area contributed by atoms with E-state index in [4.69, 9.17) is 0 Å². The van der Waals surface area contributed by atoms with Crippen molar-refractivity contribution in [1.82, 2.24) is 4.90 Å². The largest absolute Gasteiger partial charge is 0.392 e. The standard InChI is InChI=1S/C12H16N2O4/c1-9(15)8-13(2)12(16)7-10-5-3-4-6-11(10)14(17)18/h3-6,9,15H,7-8H2,1-2H3. The highest BCUT2D eigenvalue weighted by Crippen LogP contribution is 2.18. The van der Waals surface area contributed by atoms with Crippen LogP contribution in [0.2, 0.25) is 0 Å². The van der Waals surface area contributed by atoms with Crippen molar-refractivity contribution in [3.8, 4) is 0 Å². The lowest BCUT2D eigenvalue weighted by Crippen LogP contribution is -2.34. The van der Waals surface area contributed by atoms with Crippen LogP contribution in [0.3, 0.4) is 0 Å². The first-order valence-corrected chi connectivity index (χ1v) is 5.56. The summed E-state index contributed by atoms with van der Waals surface area (Å²) in [6, 6.07) is 6.15. The Hall–Kier alpha value is -1.95. The van der Waals surface area contributed by atoms with Gasteiger partial charge in [0.15, 0.2) is 0 Å². The number of amides is 1. The van der Waals surface area contributed by atoms with Crippen LogP contribution < -0.4 is 0 Å². The molecule has 0 bridgehead atoms. The summed E-state index contributed by atoms with van der Waals surface area (Å²) in [5, 5.41) is 20.0. The van der Waals surface area contributed by atoms with Crippen LogP contribution in [0.5, 0.6) is 0 Å². The Morgan fingerprint density at radius 3 is 2.67 bits per heavy atom. The van der Waals surface area contributed by atoms with Crippen LogP contribution in [0.1, 0.15) is 12.5 Å². The zero-order chi connectivity index (χ0) is 13.7. The van der Waals surface area contributed by atoms with Gasteiger partial charge in [-0.3, -0.25) is 14.9 Å². The summed E-state index contributed by atoms with van der Waals surface area (Å²) in [5.74, 6) is -0.259. The van der Waals surface area contributed by atoms with Gasteiger partial charge in [0.05, 0.1) is 17.4 Å². The molecule has 18 heavy (non-hydrogen) atoms. The Bertz CT molecular complexity index is 445. The molecule has 1 amide bonds. The third kappa shape index (κ3) is 3.81. The first kappa shape index (κ1) is 14.1. The molecule has 98 valence electrons. The summed E-state index contributed by atoms with van der Waals surface area (Å²) < 4.78 is 0. The molecule has 0 aliphatic heterocycles. The summed E-state index contributed by atoms with van der Waals surface area (Å²) in [4.78, 5) is 23.5. The van der Waals surface area contributed by atoms with Crippen molar-refractivity contribution in [2.45, 2.75) is 19.4 Å². The number of nitro benzene ring substituents is 1. The first-order valence-electron chi connectivity index (χ1n) is 5.56. The van der Waals surface area contributed by atoms with Crippen molar-refractivity contribution in [2.75, 3.05) is 13.6 Å². The average Bonchev–Trinajstić information content (AvgIpc) is 2.28. The third-order valence-electron chi connectivity index (χ3n) is 2.49. The predicted molar refractivity (Wildman–Crippen MR) is 66.1 cm³/mol. The van der Waals surface area contributed by atoms with Gasteiger partial charge in [-0.1, -0.05) is 18.2 Å². The maximum Gasteiger partial charge on any atom is 0.273 e. The second kappa shape index (κ2) is 6.11. The lowest BCUT2D eigenvalue weighted by molar-refractivity contribution is -0.385. The van der Waals surface area contributed by atoms with Crippen LogP contribution in [0.15, 0.2) is 24.3 Å². The minimum absolute atomic E-state index is 0.0413. The van der Waals surface area contributed by atoms with Crippen LogP contribution >= 0.6 is 0 Å². The molecule has 0 saturated carbocycles. The maximum atomic E-state index is 11.8. The number of nitro groups is 1. The van der Waals surface area contributed by atoms with Crippen LogP contribution in [0, 0.1) is 10.1 Å². The average molecular weight is 252 g/mol. The van der Waals surface area contributed by atoms with Crippen molar-refractivity contribution >= 4 is 11.6 Å². The second-order valence-corrected chi connectivity index (χ2v) is 4.19. The number of rotatable bonds is 5. The van der Waals surface area contributed by atoms with E-state index in [0.29, 0.717) is 5.56 Å². The van der Waals surface area contributed by atoms with Crippen molar-refractivity contribution in [2.24, 2.45) is 0 Å². The molecule has 0 aromatic heterocycles. The minimum atomic E-state index is -0.621. The second-order valence-electron chi connectivity index (χ2n) is 4.19. The maximum absolute atomic E-state index is 11.8. The molecule has 0 radical (unpaired) electrons. The van der Waals surface area contributed by atoms with E-state index in [1.54, 1.807) is 32.2 Å². The Morgan fingerprint density at radius 2 is 2.11 bits per heavy atom. The van der Waals surface area contributed by atoms with E-state index in [0.717, 1.165) is 0 Å². The van der Waals surface area contributed by atoms with Gasteiger partial charge in [0.2, 0.25) is 5.91 Å². The van der Waals surface area contributed by atoms with E-state index in [1.807, 2.05) is 0 Å². The summed E-state index contributed by atoms with van der Waals surface area (Å²) in [6.45, 7) is 1.79. The quantitative estimate of drug-likeness (QED) is 0.625. The van der Waals surface area contributed by atoms with Crippen LogP contribution in [0.25, 0.3) is 0 Å². The lowest BCUT2D eigenvalue weighted by Gasteiger charge is -2.18. The Balaban J connectivity index is 2.79. The Kier molecular flexibility index (Phi) is 4.79. The van der Waals surface area contributed by atoms with Crippen LogP contribution in [-0.2, 0) is 11.2 Å². The van der Waals surface area contributed by atoms with Crippen LogP contribution in [0.4, 0.5) is 5.69 Å². The molecule has 6 nitrogen and oxygen atoms in total. The number of para-hydroxylation sites is 1. The highest BCUT2D eigenvalue weighted by molar-refractivity contribution is 5.79. The highest BCUT2D eigenvalue weighted by Gasteiger charge is 2.18. The van der Waals surface area contributed by atoms with Crippen molar-refractivity contribution < 1.29 is 14.8 Å². The zero-order valence-electron chi connectivity index (χ0n) is 10.4. The van der Waals surface area contributed by atoms with Crippen molar-refractivity contribution in [3.05, 3.63) is 39.9 Å². The van der Waals surface area contributed by atoms with Gasteiger partial charge in [-0.05, 0) is 6.92 Å². The predicted octanol–water partition coefficient (Wildman–Crippen LogP) is 0.976. The van der Waals surface area contributed by atoms with Gasteiger partial charge in [-0.15, -0.1) is 0 Å². The number of carbonyl (C=O) groups is 1. The smallest absolute Gasteiger partial charge is 0.273 e. The number of hydrogen-bond acceptors (Lipinski definition) is 4. The van der Waals surface area contributed by atoms with E-state index >= 15 is 0 Å². The molecule has 1 aromatic rings. The molecule has 0 aliphatic rings. The monoisotopic (exact) mass is 252 g/mol. The highest BCUT2D eigenvalue weighted by atomic mass is 16.6. The van der Waals surface area contributed by atoms with Crippen LogP contribution in [-0.4, -0.2) is 40.5 Å². The molecule has 1 atom stereocenters. The normalized spacial score (nSPS) is 11.9. The van der Waals surface area contributed by atoms with Crippen molar-refractivity contribution in [1.29, 1.82) is 0 Å². The Labute approximate surface area is 105 Å². The molecule has 1 aromatic carbocycles. The number of likely N-dealkylation sites (N-methyl/N-ethyl adjacent to an activating group) is 1. The molecular weight excluding hydrogens is 236 g/mol. The molecule has 0 spiro atoms. The third-order valence-corrected chi connectivity index (χ3v) is 2.49. The topological polar surface area (TPSA) is 83.7 Å². The number of carbonyl (C=O) groups excluding carboxylic acids is 1. The fourth-order valence-corrected chi connectivity index (χ4v) is 1.63. The van der Waals surface area contributed by atoms with Gasteiger partial charge in [0, 0.05) is 25.2 Å². The number of benzene rings is 1. The number of aliphatic hydroxyl groups excluding tert-OH is 1.